The second-order valence-corrected chi connectivity index (χ2v) is 6.46. The highest BCUT2D eigenvalue weighted by molar-refractivity contribution is 6.08. The maximum atomic E-state index is 12.6. The van der Waals surface area contributed by atoms with Gasteiger partial charge in [0.2, 0.25) is 0 Å². The number of hydrogen-bond donors (Lipinski definition) is 1. The summed E-state index contributed by atoms with van der Waals surface area (Å²) in [6.45, 7) is 3.04. The highest BCUT2D eigenvalue weighted by Gasteiger charge is 2.51. The van der Waals surface area contributed by atoms with Crippen molar-refractivity contribution in [1.29, 1.82) is 5.41 Å². The van der Waals surface area contributed by atoms with Crippen molar-refractivity contribution in [3.63, 3.8) is 0 Å². The predicted octanol–water partition coefficient (Wildman–Crippen LogP) is 1.44. The van der Waals surface area contributed by atoms with Crippen LogP contribution in [0.2, 0.25) is 0 Å². The van der Waals surface area contributed by atoms with Gasteiger partial charge < -0.3 is 29.1 Å². The van der Waals surface area contributed by atoms with Gasteiger partial charge in [0.15, 0.2) is 12.2 Å². The zero-order valence-electron chi connectivity index (χ0n) is 16.0. The maximum Gasteiger partial charge on any atom is 0.342 e. The van der Waals surface area contributed by atoms with E-state index in [1.54, 1.807) is 19.1 Å². The standard InChI is InChI=1S/C20H21NO8/c1-3-12(8-21)19(23)28-15-9-25-18-16(10-26-17(15)18)29-20(24)13-6-4-5-7-14(13)27-11(2)22/h3-8,15-18,21H,9-10H2,1-2H3/b12-3+,21-8?/t15-,16+,17-,18-/m1/s1. The van der Waals surface area contributed by atoms with E-state index >= 15 is 0 Å². The Hall–Kier alpha value is -3.04. The van der Waals surface area contributed by atoms with Gasteiger partial charge in [-0.1, -0.05) is 18.2 Å². The molecule has 9 nitrogen and oxygen atoms in total. The zero-order valence-corrected chi connectivity index (χ0v) is 16.0. The molecule has 9 heteroatoms. The van der Waals surface area contributed by atoms with Gasteiger partial charge in [0.1, 0.15) is 23.5 Å². The Morgan fingerprint density at radius 3 is 2.28 bits per heavy atom. The van der Waals surface area contributed by atoms with Crippen LogP contribution in [-0.2, 0) is 28.5 Å². The largest absolute Gasteiger partial charge is 0.453 e. The van der Waals surface area contributed by atoms with E-state index in [0.717, 1.165) is 6.21 Å². The molecule has 2 aliphatic rings. The Bertz CT molecular complexity index is 849. The third kappa shape index (κ3) is 4.52. The lowest BCUT2D eigenvalue weighted by molar-refractivity contribution is -0.148. The summed E-state index contributed by atoms with van der Waals surface area (Å²) in [6, 6.07) is 6.25. The van der Waals surface area contributed by atoms with Gasteiger partial charge in [-0.2, -0.15) is 0 Å². The van der Waals surface area contributed by atoms with Crippen molar-refractivity contribution in [2.24, 2.45) is 0 Å². The number of allylic oxidation sites excluding steroid dienone is 1. The fourth-order valence-electron chi connectivity index (χ4n) is 3.18. The van der Waals surface area contributed by atoms with Crippen molar-refractivity contribution in [2.45, 2.75) is 38.3 Å². The Labute approximate surface area is 167 Å². The molecule has 2 fully saturated rings. The summed E-state index contributed by atoms with van der Waals surface area (Å²) in [7, 11) is 0. The molecule has 1 N–H and O–H groups in total. The maximum absolute atomic E-state index is 12.6. The molecule has 1 aromatic carbocycles. The van der Waals surface area contributed by atoms with E-state index in [1.807, 2.05) is 0 Å². The van der Waals surface area contributed by atoms with Gasteiger partial charge in [0.25, 0.3) is 0 Å². The van der Waals surface area contributed by atoms with Crippen molar-refractivity contribution in [1.82, 2.24) is 0 Å². The molecule has 0 bridgehead atoms. The molecule has 0 amide bonds. The third-order valence-electron chi connectivity index (χ3n) is 4.54. The first-order chi connectivity index (χ1) is 13.9. The van der Waals surface area contributed by atoms with Crippen molar-refractivity contribution >= 4 is 24.1 Å². The minimum atomic E-state index is -0.703. The topological polar surface area (TPSA) is 121 Å². The number of fused-ring (bicyclic) bond motifs is 1. The molecule has 0 unspecified atom stereocenters. The van der Waals surface area contributed by atoms with Gasteiger partial charge in [0.05, 0.1) is 18.8 Å². The number of carbonyl (C=O) groups excluding carboxylic acids is 3. The second-order valence-electron chi connectivity index (χ2n) is 6.46. The van der Waals surface area contributed by atoms with Crippen LogP contribution in [0.25, 0.3) is 0 Å². The number of rotatable bonds is 6. The third-order valence-corrected chi connectivity index (χ3v) is 4.54. The fraction of sp³-hybridized carbons (Fsp3) is 0.400. The first-order valence-corrected chi connectivity index (χ1v) is 9.04. The van der Waals surface area contributed by atoms with Gasteiger partial charge in [-0.25, -0.2) is 9.59 Å². The number of ether oxygens (including phenoxy) is 5. The van der Waals surface area contributed by atoms with E-state index < -0.39 is 42.3 Å². The molecular formula is C20H21NO8. The molecule has 1 aromatic rings. The van der Waals surface area contributed by atoms with Crippen LogP contribution in [-0.4, -0.2) is 61.8 Å². The normalized spacial score (nSPS) is 25.8. The first-order valence-electron chi connectivity index (χ1n) is 9.04. The van der Waals surface area contributed by atoms with Gasteiger partial charge in [-0.05, 0) is 19.1 Å². The molecule has 2 aliphatic heterocycles. The summed E-state index contributed by atoms with van der Waals surface area (Å²) in [5, 5.41) is 7.22. The monoisotopic (exact) mass is 403 g/mol. The molecule has 0 aromatic heterocycles. The Morgan fingerprint density at radius 1 is 1.07 bits per heavy atom. The molecule has 3 rings (SSSR count). The average molecular weight is 403 g/mol. The van der Waals surface area contributed by atoms with Gasteiger partial charge in [-0.15, -0.1) is 0 Å². The number of benzene rings is 1. The minimum Gasteiger partial charge on any atom is -0.453 e. The summed E-state index contributed by atoms with van der Waals surface area (Å²) in [4.78, 5) is 35.8. The molecule has 0 saturated carbocycles. The number of esters is 3. The zero-order chi connectivity index (χ0) is 21.0. The number of nitrogens with one attached hydrogen (secondary N) is 1. The molecule has 29 heavy (non-hydrogen) atoms. The van der Waals surface area contributed by atoms with Crippen LogP contribution in [0.15, 0.2) is 35.9 Å². The summed E-state index contributed by atoms with van der Waals surface area (Å²) in [5.41, 5.74) is 0.229. The molecule has 4 atom stereocenters. The van der Waals surface area contributed by atoms with Crippen LogP contribution in [0.3, 0.4) is 0 Å². The van der Waals surface area contributed by atoms with E-state index in [2.05, 4.69) is 0 Å². The van der Waals surface area contributed by atoms with Crippen molar-refractivity contribution in [2.75, 3.05) is 13.2 Å². The van der Waals surface area contributed by atoms with E-state index in [9.17, 15) is 14.4 Å². The molecule has 2 heterocycles. The molecule has 154 valence electrons. The number of hydrogen-bond acceptors (Lipinski definition) is 9. The summed E-state index contributed by atoms with van der Waals surface area (Å²) < 4.78 is 27.2. The first kappa shape index (κ1) is 20.7. The summed E-state index contributed by atoms with van der Waals surface area (Å²) in [6.07, 6.45) is -0.152. The van der Waals surface area contributed by atoms with Crippen molar-refractivity contribution < 1.29 is 38.1 Å². The van der Waals surface area contributed by atoms with E-state index in [-0.39, 0.29) is 30.1 Å². The predicted molar refractivity (Wildman–Crippen MR) is 98.9 cm³/mol. The summed E-state index contributed by atoms with van der Waals surface area (Å²) >= 11 is 0. The Morgan fingerprint density at radius 2 is 1.69 bits per heavy atom. The lowest BCUT2D eigenvalue weighted by Crippen LogP contribution is -2.36. The SMILES string of the molecule is C/C=C(\C=N)C(=O)O[C@@H]1CO[C@H]2[C@@H]1OC[C@@H]2OC(=O)c1ccccc1OC(C)=O. The molecule has 2 saturated heterocycles. The molecule has 0 spiro atoms. The van der Waals surface area contributed by atoms with E-state index in [4.69, 9.17) is 29.1 Å². The van der Waals surface area contributed by atoms with E-state index in [1.165, 1.54) is 25.1 Å². The summed E-state index contributed by atoms with van der Waals surface area (Å²) in [5.74, 6) is -1.77. The number of carbonyl (C=O) groups is 3. The second kappa shape index (κ2) is 8.97. The van der Waals surface area contributed by atoms with Crippen LogP contribution < -0.4 is 4.74 Å². The van der Waals surface area contributed by atoms with Gasteiger partial charge in [-0.3, -0.25) is 4.79 Å². The van der Waals surface area contributed by atoms with Crippen LogP contribution >= 0.6 is 0 Å². The van der Waals surface area contributed by atoms with Crippen LogP contribution in [0.4, 0.5) is 0 Å². The minimum absolute atomic E-state index is 0.0753. The smallest absolute Gasteiger partial charge is 0.342 e. The fourth-order valence-corrected chi connectivity index (χ4v) is 3.18. The Kier molecular flexibility index (Phi) is 6.40. The van der Waals surface area contributed by atoms with Crippen LogP contribution in [0.5, 0.6) is 5.75 Å². The molecule has 0 aliphatic carbocycles. The Balaban J connectivity index is 1.64. The lowest BCUT2D eigenvalue weighted by Gasteiger charge is -2.18. The van der Waals surface area contributed by atoms with Crippen molar-refractivity contribution in [3.05, 3.63) is 41.5 Å². The molecular weight excluding hydrogens is 382 g/mol. The average Bonchev–Trinajstić information content (AvgIpc) is 3.26. The van der Waals surface area contributed by atoms with Gasteiger partial charge >= 0.3 is 17.9 Å². The highest BCUT2D eigenvalue weighted by atomic mass is 16.7. The number of para-hydroxylation sites is 1. The molecule has 0 radical (unpaired) electrons. The lowest BCUT2D eigenvalue weighted by atomic mass is 10.1. The van der Waals surface area contributed by atoms with Crippen LogP contribution in [0, 0.1) is 5.41 Å². The van der Waals surface area contributed by atoms with Crippen molar-refractivity contribution in [3.8, 4) is 5.75 Å². The van der Waals surface area contributed by atoms with E-state index in [0.29, 0.717) is 0 Å². The van der Waals surface area contributed by atoms with Crippen LogP contribution in [0.1, 0.15) is 24.2 Å². The van der Waals surface area contributed by atoms with Gasteiger partial charge in [0, 0.05) is 13.1 Å². The quantitative estimate of drug-likeness (QED) is 0.328. The highest BCUT2D eigenvalue weighted by Crippen LogP contribution is 2.32.